The molecule has 2 aromatic heterocycles. The Hall–Kier alpha value is -2.82. The average molecular weight is 397 g/mol. The van der Waals surface area contributed by atoms with Crippen LogP contribution in [-0.2, 0) is 13.5 Å². The number of rotatable bonds is 3. The van der Waals surface area contributed by atoms with E-state index in [4.69, 9.17) is 29.0 Å². The van der Waals surface area contributed by atoms with Gasteiger partial charge in [0, 0.05) is 36.1 Å². The Morgan fingerprint density at radius 1 is 1.39 bits per heavy atom. The molecule has 7 nitrogen and oxygen atoms in total. The summed E-state index contributed by atoms with van der Waals surface area (Å²) in [7, 11) is 1.61. The van der Waals surface area contributed by atoms with Crippen LogP contribution in [0.25, 0.3) is 10.4 Å². The van der Waals surface area contributed by atoms with Crippen LogP contribution < -0.4 is 16.2 Å². The van der Waals surface area contributed by atoms with Crippen molar-refractivity contribution in [3.05, 3.63) is 68.4 Å². The Morgan fingerprint density at radius 3 is 2.89 bits per heavy atom. The highest BCUT2D eigenvalue weighted by Gasteiger charge is 2.26. The van der Waals surface area contributed by atoms with Crippen molar-refractivity contribution >= 4 is 28.8 Å². The molecule has 3 aromatic rings. The average Bonchev–Trinajstić information content (AvgIpc) is 3.05. The molecule has 0 aliphatic carbocycles. The molecule has 0 radical (unpaired) electrons. The molecule has 2 N–H and O–H groups in total. The van der Waals surface area contributed by atoms with Crippen molar-refractivity contribution in [1.29, 1.82) is 0 Å². The van der Waals surface area contributed by atoms with E-state index in [1.54, 1.807) is 13.2 Å². The second-order valence-electron chi connectivity index (χ2n) is 7.18. The van der Waals surface area contributed by atoms with E-state index in [-0.39, 0.29) is 17.4 Å². The fraction of sp³-hybridized carbons (Fsp3) is 0.350. The number of hydrogen-bond donors (Lipinski definition) is 1. The Kier molecular flexibility index (Phi) is 4.84. The van der Waals surface area contributed by atoms with Gasteiger partial charge >= 0.3 is 5.56 Å². The summed E-state index contributed by atoms with van der Waals surface area (Å²) in [5.41, 5.74) is 8.16. The third-order valence-electron chi connectivity index (χ3n) is 5.27. The molecule has 144 valence electrons. The van der Waals surface area contributed by atoms with Crippen molar-refractivity contribution in [2.24, 2.45) is 12.8 Å². The maximum absolute atomic E-state index is 13.0. The van der Waals surface area contributed by atoms with Crippen molar-refractivity contribution in [2.45, 2.75) is 25.3 Å². The van der Waals surface area contributed by atoms with Crippen molar-refractivity contribution in [3.63, 3.8) is 0 Å². The molecule has 0 unspecified atom stereocenters. The van der Waals surface area contributed by atoms with Gasteiger partial charge in [-0.1, -0.05) is 36.4 Å². The molecule has 28 heavy (non-hydrogen) atoms. The zero-order valence-electron chi connectivity index (χ0n) is 15.6. The van der Waals surface area contributed by atoms with E-state index in [2.05, 4.69) is 9.74 Å². The number of fused-ring (bicyclic) bond motifs is 1. The molecule has 1 fully saturated rings. The minimum atomic E-state index is -0.240. The first-order chi connectivity index (χ1) is 13.5. The van der Waals surface area contributed by atoms with Gasteiger partial charge in [0.25, 0.3) is 5.82 Å². The first-order valence-corrected chi connectivity index (χ1v) is 9.60. The van der Waals surface area contributed by atoms with Crippen molar-refractivity contribution < 1.29 is 0 Å². The molecule has 0 amide bonds. The van der Waals surface area contributed by atoms with Crippen LogP contribution in [0.2, 0.25) is 5.02 Å². The van der Waals surface area contributed by atoms with Gasteiger partial charge in [0.15, 0.2) is 11.3 Å². The molecular formula is C20H21ClN6O. The number of nitrogens with two attached hydrogens (primary N) is 1. The van der Waals surface area contributed by atoms with Crippen molar-refractivity contribution in [3.8, 4) is 0 Å². The molecule has 1 atom stereocenters. The summed E-state index contributed by atoms with van der Waals surface area (Å²) in [6.07, 6.45) is 4.04. The van der Waals surface area contributed by atoms with E-state index in [0.717, 1.165) is 36.3 Å². The smallest absolute Gasteiger partial charge is 0.344 e. The summed E-state index contributed by atoms with van der Waals surface area (Å²) in [6, 6.07) is 7.68. The molecule has 8 heteroatoms. The van der Waals surface area contributed by atoms with Gasteiger partial charge in [-0.05, 0) is 24.5 Å². The molecule has 4 rings (SSSR count). The lowest BCUT2D eigenvalue weighted by molar-refractivity contribution is 0.502. The second-order valence-corrected chi connectivity index (χ2v) is 7.58. The predicted molar refractivity (Wildman–Crippen MR) is 110 cm³/mol. The summed E-state index contributed by atoms with van der Waals surface area (Å²) in [5, 5.41) is 5.35. The van der Waals surface area contributed by atoms with E-state index in [0.29, 0.717) is 23.5 Å². The number of aromatic nitrogens is 3. The topological polar surface area (TPSA) is 72.9 Å². The maximum Gasteiger partial charge on any atom is 0.344 e. The molecule has 1 aromatic carbocycles. The van der Waals surface area contributed by atoms with E-state index in [1.165, 1.54) is 9.08 Å². The first kappa shape index (κ1) is 18.5. The Bertz CT molecular complexity index is 1140. The quantitative estimate of drug-likeness (QED) is 0.691. The van der Waals surface area contributed by atoms with Gasteiger partial charge in [-0.15, -0.1) is 0 Å². The van der Waals surface area contributed by atoms with E-state index >= 15 is 0 Å². The van der Waals surface area contributed by atoms with Crippen LogP contribution in [-0.4, -0.2) is 33.3 Å². The first-order valence-electron chi connectivity index (χ1n) is 9.22. The minimum absolute atomic E-state index is 0.0772. The highest BCUT2D eigenvalue weighted by molar-refractivity contribution is 6.31. The monoisotopic (exact) mass is 396 g/mol. The highest BCUT2D eigenvalue weighted by Crippen LogP contribution is 2.30. The number of hydrogen-bond acceptors (Lipinski definition) is 4. The number of halogens is 1. The van der Waals surface area contributed by atoms with Crippen LogP contribution >= 0.6 is 11.6 Å². The van der Waals surface area contributed by atoms with Crippen LogP contribution in [0.5, 0.6) is 0 Å². The number of piperidine rings is 1. The zero-order valence-corrected chi connectivity index (χ0v) is 16.4. The van der Waals surface area contributed by atoms with Gasteiger partial charge < -0.3 is 15.5 Å². The van der Waals surface area contributed by atoms with Crippen LogP contribution in [0.4, 0.5) is 11.6 Å². The molecule has 1 aliphatic rings. The van der Waals surface area contributed by atoms with E-state index in [1.807, 2.05) is 24.3 Å². The standard InChI is InChI=1S/C20H21ClN6O/c1-23-17-12-27-18(20(28)25(17)2)15(10-13-6-3-4-8-16(13)21)19(24-27)26-9-5-7-14(22)11-26/h3-4,6,8,12,14H,5,7,9-11,22H2,2H3/t14-/m1/s1. The lowest BCUT2D eigenvalue weighted by atomic mass is 10.0. The van der Waals surface area contributed by atoms with Crippen LogP contribution in [0.1, 0.15) is 24.0 Å². The van der Waals surface area contributed by atoms with Gasteiger partial charge in [0.1, 0.15) is 0 Å². The Labute approximate surface area is 167 Å². The Balaban J connectivity index is 1.94. The molecule has 0 saturated carbocycles. The zero-order chi connectivity index (χ0) is 19.8. The molecular weight excluding hydrogens is 376 g/mol. The Morgan fingerprint density at radius 2 is 2.18 bits per heavy atom. The number of anilines is 1. The van der Waals surface area contributed by atoms with E-state index in [9.17, 15) is 4.79 Å². The summed E-state index contributed by atoms with van der Waals surface area (Å²) >= 11 is 6.39. The predicted octanol–water partition coefficient (Wildman–Crippen LogP) is 2.76. The number of benzene rings is 1. The number of nitrogens with zero attached hydrogens (tertiary/aromatic N) is 5. The largest absolute Gasteiger partial charge is 0.362 e. The minimum Gasteiger partial charge on any atom is -0.362 e. The lowest BCUT2D eigenvalue weighted by Crippen LogP contribution is -2.43. The summed E-state index contributed by atoms with van der Waals surface area (Å²) < 4.78 is 2.91. The normalized spacial score (nSPS) is 17.1. The lowest BCUT2D eigenvalue weighted by Gasteiger charge is -2.31. The summed E-state index contributed by atoms with van der Waals surface area (Å²) in [6.45, 7) is 8.85. The molecule has 0 spiro atoms. The maximum atomic E-state index is 13.0. The van der Waals surface area contributed by atoms with Gasteiger partial charge in [-0.2, -0.15) is 5.10 Å². The fourth-order valence-corrected chi connectivity index (χ4v) is 3.99. The van der Waals surface area contributed by atoms with Crippen LogP contribution in [0.15, 0.2) is 35.3 Å². The third kappa shape index (κ3) is 3.15. The van der Waals surface area contributed by atoms with Gasteiger partial charge in [0.05, 0.1) is 13.2 Å². The summed E-state index contributed by atoms with van der Waals surface area (Å²) in [5.74, 6) is 0.987. The summed E-state index contributed by atoms with van der Waals surface area (Å²) in [4.78, 5) is 18.6. The highest BCUT2D eigenvalue weighted by atomic mass is 35.5. The van der Waals surface area contributed by atoms with Gasteiger partial charge in [0.2, 0.25) is 0 Å². The molecule has 0 bridgehead atoms. The third-order valence-corrected chi connectivity index (χ3v) is 5.64. The van der Waals surface area contributed by atoms with Crippen LogP contribution in [0, 0.1) is 6.57 Å². The van der Waals surface area contributed by atoms with Crippen molar-refractivity contribution in [2.75, 3.05) is 18.0 Å². The van der Waals surface area contributed by atoms with Gasteiger partial charge in [-0.3, -0.25) is 4.57 Å². The van der Waals surface area contributed by atoms with Crippen molar-refractivity contribution in [1.82, 2.24) is 14.2 Å². The second kappa shape index (κ2) is 7.30. The van der Waals surface area contributed by atoms with Gasteiger partial charge in [-0.25, -0.2) is 9.31 Å². The van der Waals surface area contributed by atoms with Crippen LogP contribution in [0.3, 0.4) is 0 Å². The fourth-order valence-electron chi connectivity index (χ4n) is 3.79. The molecule has 1 aliphatic heterocycles. The molecule has 3 heterocycles. The molecule has 1 saturated heterocycles. The van der Waals surface area contributed by atoms with E-state index < -0.39 is 0 Å². The SMILES string of the molecule is [C-]#[N+]c1cn2nc(N3CCC[C@@H](N)C3)c(Cc3ccccc3Cl)c2c(=O)n1C.